The van der Waals surface area contributed by atoms with Crippen molar-refractivity contribution in [1.82, 2.24) is 4.90 Å². The first-order chi connectivity index (χ1) is 13.5. The van der Waals surface area contributed by atoms with E-state index >= 15 is 0 Å². The van der Waals surface area contributed by atoms with Crippen LogP contribution in [0.25, 0.3) is 0 Å². The van der Waals surface area contributed by atoms with Crippen LogP contribution in [0.2, 0.25) is 0 Å². The molecule has 0 aliphatic heterocycles. The van der Waals surface area contributed by atoms with Crippen molar-refractivity contribution in [3.05, 3.63) is 35.9 Å². The van der Waals surface area contributed by atoms with E-state index in [0.29, 0.717) is 30.7 Å². The molecule has 0 heterocycles. The summed E-state index contributed by atoms with van der Waals surface area (Å²) in [6.45, 7) is 6.22. The highest BCUT2D eigenvalue weighted by Gasteiger charge is 2.51. The van der Waals surface area contributed by atoms with Gasteiger partial charge in [0.05, 0.1) is 0 Å². The van der Waals surface area contributed by atoms with Crippen LogP contribution in [0, 0.1) is 11.8 Å². The first-order valence-corrected chi connectivity index (χ1v) is 10.8. The van der Waals surface area contributed by atoms with E-state index in [2.05, 4.69) is 24.3 Å². The van der Waals surface area contributed by atoms with E-state index in [9.17, 15) is 9.59 Å². The Labute approximate surface area is 168 Å². The minimum absolute atomic E-state index is 0.154. The lowest BCUT2D eigenvalue weighted by Gasteiger charge is -2.39. The van der Waals surface area contributed by atoms with Gasteiger partial charge in [-0.05, 0) is 50.0 Å². The SMILES string of the molecule is CCCCC(=O)OC(C)OC(=O)N(CC)C1C2CCC(C2)C1c1ccccc1. The van der Waals surface area contributed by atoms with Crippen molar-refractivity contribution in [2.75, 3.05) is 6.54 Å². The Balaban J connectivity index is 1.67. The molecule has 0 N–H and O–H groups in total. The van der Waals surface area contributed by atoms with Crippen molar-refractivity contribution in [2.24, 2.45) is 11.8 Å². The van der Waals surface area contributed by atoms with Crippen molar-refractivity contribution in [3.8, 4) is 0 Å². The highest BCUT2D eigenvalue weighted by Crippen LogP contribution is 2.54. The first-order valence-electron chi connectivity index (χ1n) is 10.8. The van der Waals surface area contributed by atoms with Crippen LogP contribution in [-0.4, -0.2) is 35.8 Å². The predicted octanol–water partition coefficient (Wildman–Crippen LogP) is 5.11. The van der Waals surface area contributed by atoms with Crippen molar-refractivity contribution in [3.63, 3.8) is 0 Å². The molecular weight excluding hydrogens is 354 g/mol. The minimum Gasteiger partial charge on any atom is -0.425 e. The van der Waals surface area contributed by atoms with Crippen LogP contribution in [0.3, 0.4) is 0 Å². The molecule has 3 rings (SSSR count). The minimum atomic E-state index is -0.861. The lowest BCUT2D eigenvalue weighted by molar-refractivity contribution is -0.166. The van der Waals surface area contributed by atoms with Gasteiger partial charge in [0, 0.05) is 31.8 Å². The zero-order valence-electron chi connectivity index (χ0n) is 17.3. The number of hydrogen-bond donors (Lipinski definition) is 0. The third-order valence-corrected chi connectivity index (χ3v) is 6.29. The molecule has 1 amide bonds. The van der Waals surface area contributed by atoms with Gasteiger partial charge in [-0.25, -0.2) is 4.79 Å². The van der Waals surface area contributed by atoms with Crippen LogP contribution in [0.4, 0.5) is 4.79 Å². The Morgan fingerprint density at radius 3 is 2.50 bits per heavy atom. The Kier molecular flexibility index (Phi) is 6.97. The van der Waals surface area contributed by atoms with Gasteiger partial charge in [-0.15, -0.1) is 0 Å². The van der Waals surface area contributed by atoms with Crippen molar-refractivity contribution in [1.29, 1.82) is 0 Å². The highest BCUT2D eigenvalue weighted by atomic mass is 16.7. The molecule has 0 saturated heterocycles. The van der Waals surface area contributed by atoms with E-state index in [0.717, 1.165) is 12.8 Å². The van der Waals surface area contributed by atoms with Crippen LogP contribution in [-0.2, 0) is 14.3 Å². The maximum atomic E-state index is 12.9. The number of ether oxygens (including phenoxy) is 2. The van der Waals surface area contributed by atoms with Gasteiger partial charge in [0.15, 0.2) is 0 Å². The van der Waals surface area contributed by atoms with E-state index in [4.69, 9.17) is 9.47 Å². The second-order valence-electron chi connectivity index (χ2n) is 8.09. The Hall–Kier alpha value is -2.04. The summed E-state index contributed by atoms with van der Waals surface area (Å²) < 4.78 is 10.7. The molecule has 2 bridgehead atoms. The molecule has 1 aromatic rings. The lowest BCUT2D eigenvalue weighted by Crippen LogP contribution is -2.47. The van der Waals surface area contributed by atoms with Gasteiger partial charge < -0.3 is 14.4 Å². The molecule has 5 heteroatoms. The number of fused-ring (bicyclic) bond motifs is 2. The molecular formula is C23H33NO4. The van der Waals surface area contributed by atoms with Gasteiger partial charge in [0.1, 0.15) is 0 Å². The number of amides is 1. The van der Waals surface area contributed by atoms with Crippen LogP contribution >= 0.6 is 0 Å². The molecule has 5 atom stereocenters. The number of unbranched alkanes of at least 4 members (excludes halogenated alkanes) is 1. The third-order valence-electron chi connectivity index (χ3n) is 6.29. The zero-order chi connectivity index (χ0) is 20.1. The number of carbonyl (C=O) groups excluding carboxylic acids is 2. The molecule has 0 spiro atoms. The monoisotopic (exact) mass is 387 g/mol. The fraction of sp³-hybridized carbons (Fsp3) is 0.652. The summed E-state index contributed by atoms with van der Waals surface area (Å²) >= 11 is 0. The molecule has 5 unspecified atom stereocenters. The van der Waals surface area contributed by atoms with Gasteiger partial charge in [0.25, 0.3) is 0 Å². The Bertz CT molecular complexity index is 662. The number of likely N-dealkylation sites (N-methyl/N-ethyl adjacent to an activating group) is 1. The number of nitrogens with zero attached hydrogens (tertiary/aromatic N) is 1. The van der Waals surface area contributed by atoms with Crippen LogP contribution in [0.1, 0.15) is 70.8 Å². The van der Waals surface area contributed by atoms with E-state index < -0.39 is 6.29 Å². The maximum Gasteiger partial charge on any atom is 0.413 e. The molecule has 154 valence electrons. The smallest absolute Gasteiger partial charge is 0.413 e. The summed E-state index contributed by atoms with van der Waals surface area (Å²) in [5.74, 6) is 1.19. The number of hydrogen-bond acceptors (Lipinski definition) is 4. The summed E-state index contributed by atoms with van der Waals surface area (Å²) in [5, 5.41) is 0. The number of benzene rings is 1. The summed E-state index contributed by atoms with van der Waals surface area (Å²) in [6, 6.07) is 10.7. The molecule has 2 saturated carbocycles. The second kappa shape index (κ2) is 9.44. The number of esters is 1. The van der Waals surface area contributed by atoms with Gasteiger partial charge in [-0.2, -0.15) is 0 Å². The molecule has 5 nitrogen and oxygen atoms in total. The van der Waals surface area contributed by atoms with Gasteiger partial charge >= 0.3 is 12.1 Å². The van der Waals surface area contributed by atoms with Crippen molar-refractivity contribution < 1.29 is 19.1 Å². The van der Waals surface area contributed by atoms with Gasteiger partial charge in [-0.1, -0.05) is 43.7 Å². The molecule has 0 aromatic heterocycles. The summed E-state index contributed by atoms with van der Waals surface area (Å²) in [6.07, 6.45) is 4.41. The van der Waals surface area contributed by atoms with E-state index in [1.54, 1.807) is 6.92 Å². The maximum absolute atomic E-state index is 12.9. The van der Waals surface area contributed by atoms with Crippen molar-refractivity contribution >= 4 is 12.1 Å². The molecule has 0 radical (unpaired) electrons. The molecule has 2 fully saturated rings. The van der Waals surface area contributed by atoms with Gasteiger partial charge in [0.2, 0.25) is 6.29 Å². The fourth-order valence-electron chi connectivity index (χ4n) is 5.11. The van der Waals surface area contributed by atoms with Crippen LogP contribution in [0.5, 0.6) is 0 Å². The quantitative estimate of drug-likeness (QED) is 0.460. The van der Waals surface area contributed by atoms with E-state index in [1.807, 2.05) is 24.8 Å². The number of rotatable bonds is 8. The van der Waals surface area contributed by atoms with Crippen molar-refractivity contribution in [2.45, 2.75) is 77.5 Å². The van der Waals surface area contributed by atoms with Gasteiger partial charge in [-0.3, -0.25) is 4.79 Å². The van der Waals surface area contributed by atoms with E-state index in [-0.39, 0.29) is 18.1 Å². The average molecular weight is 388 g/mol. The lowest BCUT2D eigenvalue weighted by atomic mass is 9.79. The third kappa shape index (κ3) is 4.50. The molecule has 2 aliphatic carbocycles. The Morgan fingerprint density at radius 2 is 1.82 bits per heavy atom. The number of carbonyl (C=O) groups is 2. The predicted molar refractivity (Wildman–Crippen MR) is 108 cm³/mol. The highest BCUT2D eigenvalue weighted by molar-refractivity contribution is 5.71. The standard InChI is InChI=1S/C23H33NO4/c1-4-6-12-20(25)27-16(3)28-23(26)24(5-2)22-19-14-13-18(15-19)21(22)17-10-8-7-9-11-17/h7-11,16,18-19,21-22H,4-6,12-15H2,1-3H3. The second-order valence-corrected chi connectivity index (χ2v) is 8.09. The average Bonchev–Trinajstić information content (AvgIpc) is 3.29. The van der Waals surface area contributed by atoms with Crippen LogP contribution in [0.15, 0.2) is 30.3 Å². The molecule has 2 aliphatic rings. The Morgan fingerprint density at radius 1 is 1.11 bits per heavy atom. The topological polar surface area (TPSA) is 55.8 Å². The largest absolute Gasteiger partial charge is 0.425 e. The normalized spacial score (nSPS) is 26.7. The molecule has 1 aromatic carbocycles. The molecule has 28 heavy (non-hydrogen) atoms. The zero-order valence-corrected chi connectivity index (χ0v) is 17.3. The summed E-state index contributed by atoms with van der Waals surface area (Å²) in [5.41, 5.74) is 1.31. The fourth-order valence-corrected chi connectivity index (χ4v) is 5.11. The summed E-state index contributed by atoms with van der Waals surface area (Å²) in [4.78, 5) is 26.6. The first kappa shape index (κ1) is 20.7. The van der Waals surface area contributed by atoms with Crippen LogP contribution < -0.4 is 0 Å². The van der Waals surface area contributed by atoms with E-state index in [1.165, 1.54) is 24.8 Å². The summed E-state index contributed by atoms with van der Waals surface area (Å²) in [7, 11) is 0.